The predicted molar refractivity (Wildman–Crippen MR) is 104 cm³/mol. The molecule has 0 bridgehead atoms. The molecular weight excluding hydrogens is 344 g/mol. The van der Waals surface area contributed by atoms with Crippen molar-refractivity contribution in [1.82, 2.24) is 20.9 Å². The normalized spacial score (nSPS) is 15.1. The molecule has 0 radical (unpaired) electrons. The van der Waals surface area contributed by atoms with Crippen LogP contribution in [0.2, 0.25) is 0 Å². The third kappa shape index (κ3) is 7.29. The third-order valence-corrected chi connectivity index (χ3v) is 4.44. The SMILES string of the molecule is CC(C)(C)NC(=O)N1CCC(CNC(=O)C(=O)NCc2ccccc2)CC1. The van der Waals surface area contributed by atoms with Crippen LogP contribution in [0.15, 0.2) is 30.3 Å². The molecule has 1 aliphatic heterocycles. The second-order valence-electron chi connectivity index (χ2n) is 7.99. The zero-order chi connectivity index (χ0) is 19.9. The van der Waals surface area contributed by atoms with E-state index >= 15 is 0 Å². The van der Waals surface area contributed by atoms with Gasteiger partial charge >= 0.3 is 17.8 Å². The molecular formula is C20H30N4O3. The maximum Gasteiger partial charge on any atom is 0.317 e. The van der Waals surface area contributed by atoms with E-state index in [1.807, 2.05) is 51.1 Å². The first-order chi connectivity index (χ1) is 12.7. The first-order valence-corrected chi connectivity index (χ1v) is 9.41. The lowest BCUT2D eigenvalue weighted by atomic mass is 9.97. The van der Waals surface area contributed by atoms with Crippen molar-refractivity contribution in [2.24, 2.45) is 5.92 Å². The van der Waals surface area contributed by atoms with Crippen LogP contribution in [0, 0.1) is 5.92 Å². The molecule has 1 saturated heterocycles. The van der Waals surface area contributed by atoms with Gasteiger partial charge in [0.05, 0.1) is 0 Å². The van der Waals surface area contributed by atoms with Gasteiger partial charge in [0.1, 0.15) is 0 Å². The number of rotatable bonds is 4. The molecule has 0 atom stereocenters. The lowest BCUT2D eigenvalue weighted by molar-refractivity contribution is -0.139. The summed E-state index contributed by atoms with van der Waals surface area (Å²) in [6.07, 6.45) is 1.62. The fourth-order valence-corrected chi connectivity index (χ4v) is 2.92. The minimum atomic E-state index is -0.624. The maximum atomic E-state index is 12.2. The van der Waals surface area contributed by atoms with E-state index in [4.69, 9.17) is 0 Å². The van der Waals surface area contributed by atoms with E-state index in [0.29, 0.717) is 26.2 Å². The molecule has 148 valence electrons. The highest BCUT2D eigenvalue weighted by Gasteiger charge is 2.25. The Balaban J connectivity index is 1.66. The van der Waals surface area contributed by atoms with Gasteiger partial charge in [-0.05, 0) is 45.1 Å². The first kappa shape index (κ1) is 20.7. The van der Waals surface area contributed by atoms with Gasteiger partial charge in [0, 0.05) is 31.7 Å². The molecule has 1 aromatic carbocycles. The average Bonchev–Trinajstić information content (AvgIpc) is 2.64. The summed E-state index contributed by atoms with van der Waals surface area (Å²) >= 11 is 0. The number of nitrogens with one attached hydrogen (secondary N) is 3. The number of urea groups is 1. The number of piperidine rings is 1. The summed E-state index contributed by atoms with van der Waals surface area (Å²) in [6.45, 7) is 7.95. The Morgan fingerprint density at radius 2 is 1.59 bits per heavy atom. The quantitative estimate of drug-likeness (QED) is 0.700. The summed E-state index contributed by atoms with van der Waals surface area (Å²) in [5.41, 5.74) is 0.689. The van der Waals surface area contributed by atoms with Crippen LogP contribution in [0.25, 0.3) is 0 Å². The van der Waals surface area contributed by atoms with Gasteiger partial charge < -0.3 is 20.9 Å². The lowest BCUT2D eigenvalue weighted by Gasteiger charge is -2.34. The smallest absolute Gasteiger partial charge is 0.317 e. The van der Waals surface area contributed by atoms with Gasteiger partial charge in [-0.3, -0.25) is 9.59 Å². The predicted octanol–water partition coefficient (Wildman–Crippen LogP) is 1.64. The van der Waals surface area contributed by atoms with Crippen molar-refractivity contribution in [3.63, 3.8) is 0 Å². The monoisotopic (exact) mass is 374 g/mol. The highest BCUT2D eigenvalue weighted by molar-refractivity contribution is 6.35. The number of likely N-dealkylation sites (tertiary alicyclic amines) is 1. The summed E-state index contributed by atoms with van der Waals surface area (Å²) < 4.78 is 0. The standard InChI is InChI=1S/C20H30N4O3/c1-20(2,3)23-19(27)24-11-9-16(10-12-24)14-22-18(26)17(25)21-13-15-7-5-4-6-8-15/h4-8,16H,9-14H2,1-3H3,(H,21,25)(H,22,26)(H,23,27). The molecule has 1 heterocycles. The minimum Gasteiger partial charge on any atom is -0.348 e. The van der Waals surface area contributed by atoms with Crippen molar-refractivity contribution >= 4 is 17.8 Å². The van der Waals surface area contributed by atoms with E-state index in [-0.39, 0.29) is 17.5 Å². The molecule has 0 spiro atoms. The maximum absolute atomic E-state index is 12.2. The number of carbonyl (C=O) groups is 3. The zero-order valence-corrected chi connectivity index (χ0v) is 16.4. The summed E-state index contributed by atoms with van der Waals surface area (Å²) in [4.78, 5) is 37.8. The van der Waals surface area contributed by atoms with Crippen molar-refractivity contribution in [3.05, 3.63) is 35.9 Å². The van der Waals surface area contributed by atoms with Crippen LogP contribution in [0.4, 0.5) is 4.79 Å². The Morgan fingerprint density at radius 1 is 1.00 bits per heavy atom. The fraction of sp³-hybridized carbons (Fsp3) is 0.550. The summed E-state index contributed by atoms with van der Waals surface area (Å²) in [5, 5.41) is 8.28. The summed E-state index contributed by atoms with van der Waals surface area (Å²) in [7, 11) is 0. The second-order valence-corrected chi connectivity index (χ2v) is 7.99. The molecule has 0 aliphatic carbocycles. The van der Waals surface area contributed by atoms with Gasteiger partial charge in [-0.2, -0.15) is 0 Å². The van der Waals surface area contributed by atoms with E-state index in [0.717, 1.165) is 18.4 Å². The third-order valence-electron chi connectivity index (χ3n) is 4.44. The highest BCUT2D eigenvalue weighted by Crippen LogP contribution is 2.17. The number of carbonyl (C=O) groups excluding carboxylic acids is 3. The number of hydrogen-bond donors (Lipinski definition) is 3. The molecule has 4 amide bonds. The van der Waals surface area contributed by atoms with Crippen LogP contribution in [0.1, 0.15) is 39.2 Å². The van der Waals surface area contributed by atoms with Crippen molar-refractivity contribution < 1.29 is 14.4 Å². The summed E-state index contributed by atoms with van der Waals surface area (Å²) in [5.74, 6) is -0.964. The second kappa shape index (κ2) is 9.39. The lowest BCUT2D eigenvalue weighted by Crippen LogP contribution is -2.51. The van der Waals surface area contributed by atoms with Crippen LogP contribution >= 0.6 is 0 Å². The van der Waals surface area contributed by atoms with Crippen molar-refractivity contribution in [3.8, 4) is 0 Å². The van der Waals surface area contributed by atoms with E-state index in [1.54, 1.807) is 4.90 Å². The van der Waals surface area contributed by atoms with Crippen LogP contribution in [-0.4, -0.2) is 47.9 Å². The molecule has 27 heavy (non-hydrogen) atoms. The Morgan fingerprint density at radius 3 is 2.19 bits per heavy atom. The molecule has 0 unspecified atom stereocenters. The number of amides is 4. The number of hydrogen-bond acceptors (Lipinski definition) is 3. The molecule has 7 nitrogen and oxygen atoms in total. The Labute approximate surface area is 160 Å². The van der Waals surface area contributed by atoms with E-state index in [1.165, 1.54) is 0 Å². The Kier molecular flexibility index (Phi) is 7.21. The average molecular weight is 374 g/mol. The molecule has 1 aromatic rings. The highest BCUT2D eigenvalue weighted by atomic mass is 16.2. The van der Waals surface area contributed by atoms with Crippen molar-refractivity contribution in [2.75, 3.05) is 19.6 Å². The van der Waals surface area contributed by atoms with E-state index in [9.17, 15) is 14.4 Å². The zero-order valence-electron chi connectivity index (χ0n) is 16.4. The number of nitrogens with zero attached hydrogens (tertiary/aromatic N) is 1. The molecule has 0 aromatic heterocycles. The van der Waals surface area contributed by atoms with Gasteiger partial charge in [0.25, 0.3) is 0 Å². The molecule has 1 aliphatic rings. The topological polar surface area (TPSA) is 90.5 Å². The molecule has 1 fully saturated rings. The van der Waals surface area contributed by atoms with Crippen LogP contribution in [-0.2, 0) is 16.1 Å². The molecule has 0 saturated carbocycles. The minimum absolute atomic E-state index is 0.0507. The van der Waals surface area contributed by atoms with E-state index < -0.39 is 11.8 Å². The van der Waals surface area contributed by atoms with Gasteiger partial charge in [-0.25, -0.2) is 4.79 Å². The fourth-order valence-electron chi connectivity index (χ4n) is 2.92. The van der Waals surface area contributed by atoms with Crippen molar-refractivity contribution in [1.29, 1.82) is 0 Å². The summed E-state index contributed by atoms with van der Waals surface area (Å²) in [6, 6.07) is 9.40. The molecule has 7 heteroatoms. The molecule has 3 N–H and O–H groups in total. The van der Waals surface area contributed by atoms with Crippen LogP contribution in [0.3, 0.4) is 0 Å². The molecule has 2 rings (SSSR count). The van der Waals surface area contributed by atoms with Crippen molar-refractivity contribution in [2.45, 2.75) is 45.7 Å². The van der Waals surface area contributed by atoms with Crippen LogP contribution in [0.5, 0.6) is 0 Å². The Bertz CT molecular complexity index is 647. The van der Waals surface area contributed by atoms with Gasteiger partial charge in [-0.15, -0.1) is 0 Å². The van der Waals surface area contributed by atoms with Gasteiger partial charge in [-0.1, -0.05) is 30.3 Å². The van der Waals surface area contributed by atoms with E-state index in [2.05, 4.69) is 16.0 Å². The van der Waals surface area contributed by atoms with Gasteiger partial charge in [0.2, 0.25) is 0 Å². The van der Waals surface area contributed by atoms with Crippen LogP contribution < -0.4 is 16.0 Å². The van der Waals surface area contributed by atoms with Gasteiger partial charge in [0.15, 0.2) is 0 Å². The largest absolute Gasteiger partial charge is 0.348 e. The Hall–Kier alpha value is -2.57. The first-order valence-electron chi connectivity index (χ1n) is 9.41. The number of benzene rings is 1.